The number of hydrogen-bond acceptors (Lipinski definition) is 4. The highest BCUT2D eigenvalue weighted by atomic mass is 16.2. The van der Waals surface area contributed by atoms with Crippen molar-refractivity contribution in [2.75, 3.05) is 6.54 Å². The maximum atomic E-state index is 13.3. The fourth-order valence-electron chi connectivity index (χ4n) is 5.32. The molecule has 0 spiro atoms. The summed E-state index contributed by atoms with van der Waals surface area (Å²) in [5.74, 6) is 1.55. The molecule has 31 heavy (non-hydrogen) atoms. The highest BCUT2D eigenvalue weighted by molar-refractivity contribution is 5.77. The van der Waals surface area contributed by atoms with Crippen LogP contribution in [0.15, 0.2) is 36.7 Å². The van der Waals surface area contributed by atoms with E-state index in [1.54, 1.807) is 0 Å². The van der Waals surface area contributed by atoms with Crippen molar-refractivity contribution < 1.29 is 4.79 Å². The predicted octanol–water partition coefficient (Wildman–Crippen LogP) is 4.84. The lowest BCUT2D eigenvalue weighted by Gasteiger charge is -2.46. The van der Waals surface area contributed by atoms with E-state index in [0.29, 0.717) is 30.8 Å². The number of hydrogen-bond donors (Lipinski definition) is 0. The summed E-state index contributed by atoms with van der Waals surface area (Å²) in [6.45, 7) is 11.3. The van der Waals surface area contributed by atoms with Gasteiger partial charge in [0.2, 0.25) is 5.91 Å². The largest absolute Gasteiger partial charge is 0.331 e. The van der Waals surface area contributed by atoms with Gasteiger partial charge in [0.1, 0.15) is 5.82 Å². The number of aryl methyl sites for hydroxylation is 1. The quantitative estimate of drug-likeness (QED) is 0.694. The summed E-state index contributed by atoms with van der Waals surface area (Å²) < 4.78 is 0. The minimum absolute atomic E-state index is 0.140. The zero-order chi connectivity index (χ0) is 22.0. The van der Waals surface area contributed by atoms with Gasteiger partial charge in [0.15, 0.2) is 0 Å². The van der Waals surface area contributed by atoms with Crippen LogP contribution in [0.3, 0.4) is 0 Å². The molecule has 0 saturated carbocycles. The Hall–Kier alpha value is -2.27. The summed E-state index contributed by atoms with van der Waals surface area (Å²) in [6, 6.07) is 8.83. The average molecular weight is 421 g/mol. The maximum absolute atomic E-state index is 13.3. The van der Waals surface area contributed by atoms with E-state index >= 15 is 0 Å². The van der Waals surface area contributed by atoms with Crippen LogP contribution in [-0.2, 0) is 17.9 Å². The number of aromatic nitrogens is 2. The van der Waals surface area contributed by atoms with E-state index in [4.69, 9.17) is 0 Å². The molecule has 0 aliphatic carbocycles. The number of fused-ring (bicyclic) bond motifs is 1. The van der Waals surface area contributed by atoms with Crippen LogP contribution in [0.4, 0.5) is 0 Å². The Balaban J connectivity index is 1.58. The summed E-state index contributed by atoms with van der Waals surface area (Å²) in [4.78, 5) is 27.2. The van der Waals surface area contributed by atoms with Crippen LogP contribution in [0, 0.1) is 6.92 Å². The summed E-state index contributed by atoms with van der Waals surface area (Å²) in [7, 11) is 0. The number of rotatable bonds is 5. The van der Waals surface area contributed by atoms with Crippen LogP contribution in [0.1, 0.15) is 81.3 Å². The highest BCUT2D eigenvalue weighted by Gasteiger charge is 2.49. The molecule has 2 aliphatic heterocycles. The molecule has 5 heteroatoms. The number of amides is 1. The number of carbonyl (C=O) groups excluding carboxylic acids is 1. The first kappa shape index (κ1) is 21.9. The zero-order valence-electron chi connectivity index (χ0n) is 19.5. The first-order chi connectivity index (χ1) is 14.9. The molecule has 2 atom stereocenters. The van der Waals surface area contributed by atoms with E-state index in [-0.39, 0.29) is 5.54 Å². The molecular formula is C26H36N4O. The Kier molecular flexibility index (Phi) is 6.42. The highest BCUT2D eigenvalue weighted by Crippen LogP contribution is 2.40. The molecule has 0 radical (unpaired) electrons. The van der Waals surface area contributed by atoms with Crippen LogP contribution in [0.25, 0.3) is 0 Å². The molecule has 0 N–H and O–H groups in total. The van der Waals surface area contributed by atoms with E-state index in [9.17, 15) is 4.79 Å². The van der Waals surface area contributed by atoms with Gasteiger partial charge in [0.05, 0.1) is 5.54 Å². The van der Waals surface area contributed by atoms with Gasteiger partial charge in [-0.25, -0.2) is 9.97 Å². The van der Waals surface area contributed by atoms with Crippen molar-refractivity contribution >= 4 is 5.91 Å². The molecule has 0 bridgehead atoms. The topological polar surface area (TPSA) is 49.3 Å². The van der Waals surface area contributed by atoms with Gasteiger partial charge in [0.25, 0.3) is 0 Å². The molecule has 3 heterocycles. The third-order valence-corrected chi connectivity index (χ3v) is 7.32. The first-order valence-electron chi connectivity index (χ1n) is 11.8. The number of likely N-dealkylation sites (tertiary alicyclic amines) is 2. The third-order valence-electron chi connectivity index (χ3n) is 7.32. The summed E-state index contributed by atoms with van der Waals surface area (Å²) >= 11 is 0. The summed E-state index contributed by atoms with van der Waals surface area (Å²) in [6.07, 6.45) is 8.88. The summed E-state index contributed by atoms with van der Waals surface area (Å²) in [5.41, 5.74) is 3.54. The molecule has 1 aromatic carbocycles. The van der Waals surface area contributed by atoms with Gasteiger partial charge in [-0.2, -0.15) is 0 Å². The molecule has 5 nitrogen and oxygen atoms in total. The third kappa shape index (κ3) is 4.52. The van der Waals surface area contributed by atoms with E-state index in [1.165, 1.54) is 11.1 Å². The van der Waals surface area contributed by atoms with Crippen LogP contribution in [0.2, 0.25) is 0 Å². The number of nitrogens with zero attached hydrogens (tertiary/aromatic N) is 4. The SMILES string of the molecule is Cc1ccccc1CN1C(=O)CCCC[C@H]2N(Cc3cnc(C(C)C)nc3)CC[C@]21C. The van der Waals surface area contributed by atoms with Gasteiger partial charge < -0.3 is 4.90 Å². The molecule has 0 unspecified atom stereocenters. The van der Waals surface area contributed by atoms with Gasteiger partial charge in [-0.3, -0.25) is 9.69 Å². The molecule has 2 aromatic rings. The van der Waals surface area contributed by atoms with Crippen molar-refractivity contribution in [1.29, 1.82) is 0 Å². The average Bonchev–Trinajstić information content (AvgIpc) is 3.05. The normalized spacial score (nSPS) is 24.9. The van der Waals surface area contributed by atoms with E-state index < -0.39 is 0 Å². The lowest BCUT2D eigenvalue weighted by Crippen LogP contribution is -2.57. The van der Waals surface area contributed by atoms with Crippen molar-refractivity contribution in [3.8, 4) is 0 Å². The lowest BCUT2D eigenvalue weighted by molar-refractivity contribution is -0.140. The van der Waals surface area contributed by atoms with Gasteiger partial charge in [-0.05, 0) is 44.2 Å². The Bertz CT molecular complexity index is 910. The second kappa shape index (κ2) is 9.07. The maximum Gasteiger partial charge on any atom is 0.223 e. The predicted molar refractivity (Wildman–Crippen MR) is 124 cm³/mol. The molecule has 1 amide bonds. The number of carbonyl (C=O) groups is 1. The van der Waals surface area contributed by atoms with Crippen molar-refractivity contribution in [2.24, 2.45) is 0 Å². The molecule has 2 fully saturated rings. The standard InChI is InChI=1S/C26H36N4O/c1-19(2)25-27-15-21(16-28-25)17-29-14-13-26(4)23(29)11-7-8-12-24(31)30(26)18-22-10-6-5-9-20(22)3/h5-6,9-10,15-16,19,23H,7-8,11-14,17-18H2,1-4H3/t23-,26-/m1/s1. The van der Waals surface area contributed by atoms with Gasteiger partial charge in [-0.15, -0.1) is 0 Å². The van der Waals surface area contributed by atoms with Crippen molar-refractivity contribution in [1.82, 2.24) is 19.8 Å². The Morgan fingerprint density at radius 2 is 1.87 bits per heavy atom. The van der Waals surface area contributed by atoms with E-state index in [2.05, 4.69) is 71.7 Å². The zero-order valence-corrected chi connectivity index (χ0v) is 19.5. The van der Waals surface area contributed by atoms with Gasteiger partial charge in [-0.1, -0.05) is 44.5 Å². The van der Waals surface area contributed by atoms with E-state index in [1.807, 2.05) is 12.4 Å². The van der Waals surface area contributed by atoms with Gasteiger partial charge in [0, 0.05) is 56.0 Å². The summed E-state index contributed by atoms with van der Waals surface area (Å²) in [5, 5.41) is 0. The molecule has 1 aromatic heterocycles. The Morgan fingerprint density at radius 1 is 1.13 bits per heavy atom. The molecule has 4 rings (SSSR count). The van der Waals surface area contributed by atoms with Crippen LogP contribution < -0.4 is 0 Å². The Morgan fingerprint density at radius 3 is 2.58 bits per heavy atom. The molecular weight excluding hydrogens is 384 g/mol. The lowest BCUT2D eigenvalue weighted by atomic mass is 9.84. The molecule has 166 valence electrons. The van der Waals surface area contributed by atoms with E-state index in [0.717, 1.165) is 50.2 Å². The van der Waals surface area contributed by atoms with Crippen LogP contribution in [0.5, 0.6) is 0 Å². The van der Waals surface area contributed by atoms with Gasteiger partial charge >= 0.3 is 0 Å². The van der Waals surface area contributed by atoms with Crippen molar-refractivity contribution in [3.05, 3.63) is 59.2 Å². The number of benzene rings is 1. The molecule has 2 aliphatic rings. The van der Waals surface area contributed by atoms with Crippen LogP contribution in [-0.4, -0.2) is 43.8 Å². The fraction of sp³-hybridized carbons (Fsp3) is 0.577. The minimum atomic E-state index is -0.140. The van der Waals surface area contributed by atoms with Crippen molar-refractivity contribution in [2.45, 2.75) is 90.4 Å². The minimum Gasteiger partial charge on any atom is -0.331 e. The monoisotopic (exact) mass is 420 g/mol. The second-order valence-electron chi connectivity index (χ2n) is 9.85. The Labute approximate surface area is 186 Å². The molecule has 2 saturated heterocycles. The van der Waals surface area contributed by atoms with Crippen LogP contribution >= 0.6 is 0 Å². The second-order valence-corrected chi connectivity index (χ2v) is 9.85. The first-order valence-corrected chi connectivity index (χ1v) is 11.8. The fourth-order valence-corrected chi connectivity index (χ4v) is 5.32. The smallest absolute Gasteiger partial charge is 0.223 e. The van der Waals surface area contributed by atoms with Crippen molar-refractivity contribution in [3.63, 3.8) is 0 Å².